The Morgan fingerprint density at radius 3 is 2.18 bits per heavy atom. The van der Waals surface area contributed by atoms with Crippen LogP contribution >= 0.6 is 0 Å². The zero-order valence-electron chi connectivity index (χ0n) is 10.7. The lowest BCUT2D eigenvalue weighted by Crippen LogP contribution is -2.27. The molecule has 0 radical (unpaired) electrons. The quantitative estimate of drug-likeness (QED) is 0.646. The molecule has 0 fully saturated rings. The Bertz CT molecular complexity index is 371. The summed E-state index contributed by atoms with van der Waals surface area (Å²) in [6.07, 6.45) is 0.128. The Hall–Kier alpha value is -1.55. The van der Waals surface area contributed by atoms with Gasteiger partial charge in [-0.1, -0.05) is 12.1 Å². The first-order valence-electron chi connectivity index (χ1n) is 5.65. The predicted octanol–water partition coefficient (Wildman–Crippen LogP) is 2.42. The number of hydroxylamine groups is 2. The maximum Gasteiger partial charge on any atom is 0.252 e. The molecule has 0 unspecified atom stereocenters. The van der Waals surface area contributed by atoms with Crippen molar-refractivity contribution in [2.24, 2.45) is 0 Å². The van der Waals surface area contributed by atoms with Crippen LogP contribution in [0.3, 0.4) is 0 Å². The maximum absolute atomic E-state index is 11.6. The number of carbonyl (C=O) groups excluding carboxylic acids is 1. The second-order valence-corrected chi connectivity index (χ2v) is 4.32. The van der Waals surface area contributed by atoms with Gasteiger partial charge in [0.05, 0.1) is 12.0 Å². The highest BCUT2D eigenvalue weighted by Gasteiger charge is 2.18. The van der Waals surface area contributed by atoms with Crippen LogP contribution in [-0.4, -0.2) is 29.3 Å². The fourth-order valence-electron chi connectivity index (χ4n) is 1.53. The van der Waals surface area contributed by atoms with E-state index < -0.39 is 0 Å². The Kier molecular flexibility index (Phi) is 4.52. The van der Waals surface area contributed by atoms with Gasteiger partial charge < -0.3 is 4.74 Å². The van der Waals surface area contributed by atoms with E-state index in [1.807, 2.05) is 38.1 Å². The summed E-state index contributed by atoms with van der Waals surface area (Å²) in [4.78, 5) is 11.6. The molecule has 0 saturated carbocycles. The molecule has 0 bridgehead atoms. The van der Waals surface area contributed by atoms with Gasteiger partial charge in [-0.25, -0.2) is 5.06 Å². The molecule has 0 aliphatic rings. The zero-order valence-corrected chi connectivity index (χ0v) is 10.7. The van der Waals surface area contributed by atoms with Crippen molar-refractivity contribution in [3.8, 4) is 5.75 Å². The predicted molar refractivity (Wildman–Crippen MR) is 65.2 cm³/mol. The molecule has 0 heterocycles. The van der Waals surface area contributed by atoms with Gasteiger partial charge in [0.15, 0.2) is 0 Å². The average Bonchev–Trinajstić information content (AvgIpc) is 2.27. The van der Waals surface area contributed by atoms with Crippen molar-refractivity contribution in [1.29, 1.82) is 0 Å². The molecule has 0 aromatic heterocycles. The lowest BCUT2D eigenvalue weighted by Gasteiger charge is -2.16. The van der Waals surface area contributed by atoms with Crippen LogP contribution in [0.25, 0.3) is 0 Å². The number of ether oxygens (including phenoxy) is 1. The molecule has 1 aromatic carbocycles. The Morgan fingerprint density at radius 1 is 1.24 bits per heavy atom. The first-order chi connectivity index (χ1) is 7.91. The number of rotatable bonds is 4. The van der Waals surface area contributed by atoms with E-state index in [0.29, 0.717) is 5.06 Å². The number of hydrogen-bond donors (Lipinski definition) is 1. The second-order valence-electron chi connectivity index (χ2n) is 4.32. The molecule has 0 saturated heterocycles. The summed E-state index contributed by atoms with van der Waals surface area (Å²) in [5.74, 6) is 0.0846. The van der Waals surface area contributed by atoms with Gasteiger partial charge in [-0.15, -0.1) is 0 Å². The van der Waals surface area contributed by atoms with E-state index in [2.05, 4.69) is 0 Å². The van der Waals surface area contributed by atoms with Crippen LogP contribution in [0.15, 0.2) is 24.3 Å². The zero-order chi connectivity index (χ0) is 13.0. The summed E-state index contributed by atoms with van der Waals surface area (Å²) in [7, 11) is 1.33. The van der Waals surface area contributed by atoms with E-state index in [9.17, 15) is 4.79 Å². The Labute approximate surface area is 102 Å². The van der Waals surface area contributed by atoms with Crippen molar-refractivity contribution < 1.29 is 14.7 Å². The largest absolute Gasteiger partial charge is 0.491 e. The van der Waals surface area contributed by atoms with Gasteiger partial charge in [-0.2, -0.15) is 0 Å². The summed E-state index contributed by atoms with van der Waals surface area (Å²) in [5, 5.41) is 9.70. The second kappa shape index (κ2) is 5.68. The smallest absolute Gasteiger partial charge is 0.252 e. The van der Waals surface area contributed by atoms with Crippen LogP contribution in [0.5, 0.6) is 5.75 Å². The summed E-state index contributed by atoms with van der Waals surface area (Å²) in [6.45, 7) is 5.68. The van der Waals surface area contributed by atoms with E-state index >= 15 is 0 Å². The van der Waals surface area contributed by atoms with Gasteiger partial charge in [-0.05, 0) is 38.5 Å². The molecular formula is C13H19NO3. The molecule has 1 aromatic rings. The standard InChI is InChI=1S/C13H19NO3/c1-9(2)17-12-7-5-11(6-8-12)10(3)13(15)14(4)16/h5-10,16H,1-4H3/t10-/m0/s1. The fourth-order valence-corrected chi connectivity index (χ4v) is 1.53. The van der Waals surface area contributed by atoms with Gasteiger partial charge in [0.25, 0.3) is 5.91 Å². The maximum atomic E-state index is 11.6. The van der Waals surface area contributed by atoms with Crippen LogP contribution < -0.4 is 4.74 Å². The minimum atomic E-state index is -0.363. The Morgan fingerprint density at radius 2 is 1.76 bits per heavy atom. The highest BCUT2D eigenvalue weighted by Crippen LogP contribution is 2.21. The van der Waals surface area contributed by atoms with Crippen molar-refractivity contribution in [3.63, 3.8) is 0 Å². The van der Waals surface area contributed by atoms with Crippen molar-refractivity contribution >= 4 is 5.91 Å². The van der Waals surface area contributed by atoms with E-state index in [1.54, 1.807) is 6.92 Å². The topological polar surface area (TPSA) is 49.8 Å². The fraction of sp³-hybridized carbons (Fsp3) is 0.462. The first-order valence-corrected chi connectivity index (χ1v) is 5.65. The van der Waals surface area contributed by atoms with Crippen LogP contribution in [-0.2, 0) is 4.79 Å². The van der Waals surface area contributed by atoms with E-state index in [-0.39, 0.29) is 17.9 Å². The van der Waals surface area contributed by atoms with Gasteiger partial charge in [0.1, 0.15) is 5.75 Å². The summed E-state index contributed by atoms with van der Waals surface area (Å²) in [6, 6.07) is 7.33. The number of carbonyl (C=O) groups is 1. The Balaban J connectivity index is 2.77. The van der Waals surface area contributed by atoms with E-state index in [0.717, 1.165) is 11.3 Å². The summed E-state index contributed by atoms with van der Waals surface area (Å²) >= 11 is 0. The van der Waals surface area contributed by atoms with E-state index in [1.165, 1.54) is 7.05 Å². The first kappa shape index (κ1) is 13.5. The monoisotopic (exact) mass is 237 g/mol. The van der Waals surface area contributed by atoms with Crippen LogP contribution in [0.1, 0.15) is 32.3 Å². The summed E-state index contributed by atoms with van der Waals surface area (Å²) < 4.78 is 5.51. The molecule has 94 valence electrons. The van der Waals surface area contributed by atoms with Crippen molar-refractivity contribution in [2.45, 2.75) is 32.8 Å². The normalized spacial score (nSPS) is 12.4. The van der Waals surface area contributed by atoms with Crippen LogP contribution in [0.4, 0.5) is 0 Å². The third-order valence-corrected chi connectivity index (χ3v) is 2.44. The molecule has 1 amide bonds. The number of hydrogen-bond acceptors (Lipinski definition) is 3. The van der Waals surface area contributed by atoms with Crippen molar-refractivity contribution in [2.75, 3.05) is 7.05 Å². The molecule has 17 heavy (non-hydrogen) atoms. The molecule has 4 heteroatoms. The number of likely N-dealkylation sites (N-methyl/N-ethyl adjacent to an activating group) is 1. The highest BCUT2D eigenvalue weighted by atomic mass is 16.5. The molecule has 1 rings (SSSR count). The number of benzene rings is 1. The summed E-state index contributed by atoms with van der Waals surface area (Å²) in [5.41, 5.74) is 0.854. The molecule has 1 atom stereocenters. The third kappa shape index (κ3) is 3.75. The minimum Gasteiger partial charge on any atom is -0.491 e. The minimum absolute atomic E-state index is 0.128. The van der Waals surface area contributed by atoms with Gasteiger partial charge >= 0.3 is 0 Å². The van der Waals surface area contributed by atoms with E-state index in [4.69, 9.17) is 9.94 Å². The molecule has 0 aliphatic carbocycles. The lowest BCUT2D eigenvalue weighted by molar-refractivity contribution is -0.160. The average molecular weight is 237 g/mol. The molecular weight excluding hydrogens is 218 g/mol. The molecule has 0 aliphatic heterocycles. The highest BCUT2D eigenvalue weighted by molar-refractivity contribution is 5.82. The molecule has 4 nitrogen and oxygen atoms in total. The van der Waals surface area contributed by atoms with Crippen LogP contribution in [0.2, 0.25) is 0 Å². The van der Waals surface area contributed by atoms with Crippen molar-refractivity contribution in [3.05, 3.63) is 29.8 Å². The lowest BCUT2D eigenvalue weighted by atomic mass is 10.0. The third-order valence-electron chi connectivity index (χ3n) is 2.44. The van der Waals surface area contributed by atoms with Gasteiger partial charge in [0.2, 0.25) is 0 Å². The van der Waals surface area contributed by atoms with Crippen LogP contribution in [0, 0.1) is 0 Å². The van der Waals surface area contributed by atoms with Crippen molar-refractivity contribution in [1.82, 2.24) is 5.06 Å². The molecule has 1 N–H and O–H groups in total. The number of nitrogens with zero attached hydrogens (tertiary/aromatic N) is 1. The molecule has 0 spiro atoms. The van der Waals surface area contributed by atoms with Gasteiger partial charge in [-0.3, -0.25) is 10.0 Å². The van der Waals surface area contributed by atoms with Gasteiger partial charge in [0, 0.05) is 7.05 Å². The number of amides is 1. The SMILES string of the molecule is CC(C)Oc1ccc([C@H](C)C(=O)N(C)O)cc1.